The van der Waals surface area contributed by atoms with Gasteiger partial charge in [-0.2, -0.15) is 0 Å². The first-order valence-electron chi connectivity index (χ1n) is 9.37. The van der Waals surface area contributed by atoms with E-state index in [1.807, 2.05) is 0 Å². The Morgan fingerprint density at radius 1 is 0.593 bits per heavy atom. The van der Waals surface area contributed by atoms with Crippen LogP contribution in [0.5, 0.6) is 0 Å². The second kappa shape index (κ2) is 10.1. The first-order chi connectivity index (χ1) is 12.6. The minimum Gasteiger partial charge on any atom is -0.357 e. The maximum absolute atomic E-state index is 3.98. The van der Waals surface area contributed by atoms with Gasteiger partial charge in [-0.15, -0.1) is 0 Å². The summed E-state index contributed by atoms with van der Waals surface area (Å²) in [7, 11) is -0.659. The van der Waals surface area contributed by atoms with Crippen molar-refractivity contribution in [1.29, 1.82) is 0 Å². The van der Waals surface area contributed by atoms with Crippen LogP contribution in [0, 0.1) is 0 Å². The molecule has 0 heterocycles. The van der Waals surface area contributed by atoms with Crippen molar-refractivity contribution in [3.8, 4) is 0 Å². The molecular weight excluding hydrogens is 340 g/mol. The predicted octanol–water partition coefficient (Wildman–Crippen LogP) is 6.01. The van der Waals surface area contributed by atoms with E-state index in [0.29, 0.717) is 11.8 Å². The quantitative estimate of drug-likeness (QED) is 0.415. The van der Waals surface area contributed by atoms with Gasteiger partial charge in [-0.25, -0.2) is 0 Å². The van der Waals surface area contributed by atoms with Gasteiger partial charge >= 0.3 is 0 Å². The molecule has 0 amide bonds. The molecule has 0 aliphatic carbocycles. The summed E-state index contributed by atoms with van der Waals surface area (Å²) in [5.74, 6) is 0.971. The molecule has 0 aromatic heterocycles. The average molecular weight is 368 g/mol. The Labute approximate surface area is 177 Å². The zero-order valence-electron chi connectivity index (χ0n) is 17.1. The maximum atomic E-state index is 3.98. The molecule has 3 heteroatoms. The van der Waals surface area contributed by atoms with E-state index in [-0.39, 0.29) is 18.9 Å². The van der Waals surface area contributed by atoms with Crippen LogP contribution in [-0.2, 0) is 0 Å². The van der Waals surface area contributed by atoms with Gasteiger partial charge in [0.15, 0.2) is 0 Å². The molecule has 0 spiro atoms. The van der Waals surface area contributed by atoms with Gasteiger partial charge in [0.05, 0.1) is 8.07 Å². The standard InChI is InChI=1S/C24H28NP.Li/c1-18(2)22-16-11-17-23(19(3)4)24(22)25-26(20-12-7-5-8-13-20)21-14-9-6-10-15-21;/h5-19,25H,1-4H3;. The van der Waals surface area contributed by atoms with E-state index in [1.165, 1.54) is 27.4 Å². The van der Waals surface area contributed by atoms with Crippen LogP contribution in [-0.4, -0.2) is 18.9 Å². The number of hydrogen-bond donors (Lipinski definition) is 1. The summed E-state index contributed by atoms with van der Waals surface area (Å²) in [5, 5.41) is 6.67. The third-order valence-electron chi connectivity index (χ3n) is 4.63. The number of hydrogen-bond acceptors (Lipinski definition) is 1. The monoisotopic (exact) mass is 368 g/mol. The largest absolute Gasteiger partial charge is 0.357 e. The molecule has 3 aromatic rings. The van der Waals surface area contributed by atoms with Crippen molar-refractivity contribution in [3.63, 3.8) is 0 Å². The first kappa shape index (κ1) is 21.8. The molecule has 0 aliphatic heterocycles. The van der Waals surface area contributed by atoms with Crippen molar-refractivity contribution in [1.82, 2.24) is 0 Å². The number of nitrogens with one attached hydrogen (secondary N) is 1. The molecule has 0 saturated heterocycles. The Bertz CT molecular complexity index is 766. The summed E-state index contributed by atoms with van der Waals surface area (Å²) >= 11 is 0. The fraction of sp³-hybridized carbons (Fsp3) is 0.250. The maximum Gasteiger partial charge on any atom is 0.0522 e. The summed E-state index contributed by atoms with van der Waals surface area (Å²) in [6.45, 7) is 9.10. The number of para-hydroxylation sites is 1. The second-order valence-corrected chi connectivity index (χ2v) is 9.17. The molecule has 3 rings (SSSR count). The normalized spacial score (nSPS) is 10.9. The average Bonchev–Trinajstić information content (AvgIpc) is 2.67. The summed E-state index contributed by atoms with van der Waals surface area (Å²) < 4.78 is 0. The molecule has 0 unspecified atom stereocenters. The Kier molecular flexibility index (Phi) is 8.19. The van der Waals surface area contributed by atoms with Crippen molar-refractivity contribution in [2.45, 2.75) is 39.5 Å². The summed E-state index contributed by atoms with van der Waals surface area (Å²) in [4.78, 5) is 0. The van der Waals surface area contributed by atoms with Gasteiger partial charge in [0, 0.05) is 35.2 Å². The van der Waals surface area contributed by atoms with E-state index < -0.39 is 8.07 Å². The van der Waals surface area contributed by atoms with E-state index in [2.05, 4.69) is 112 Å². The number of rotatable bonds is 6. The van der Waals surface area contributed by atoms with E-state index in [1.54, 1.807) is 0 Å². The van der Waals surface area contributed by atoms with Crippen molar-refractivity contribution < 1.29 is 0 Å². The van der Waals surface area contributed by atoms with E-state index in [0.717, 1.165) is 0 Å². The van der Waals surface area contributed by atoms with Gasteiger partial charge in [0.25, 0.3) is 0 Å². The number of anilines is 1. The zero-order valence-corrected chi connectivity index (χ0v) is 18.0. The van der Waals surface area contributed by atoms with Gasteiger partial charge in [-0.3, -0.25) is 0 Å². The van der Waals surface area contributed by atoms with Crippen molar-refractivity contribution in [2.75, 3.05) is 5.09 Å². The molecule has 0 bridgehead atoms. The van der Waals surface area contributed by atoms with Crippen LogP contribution in [0.4, 0.5) is 5.69 Å². The third kappa shape index (κ3) is 5.27. The molecule has 1 N–H and O–H groups in total. The molecular formula is C24H28LiNP. The fourth-order valence-electron chi connectivity index (χ4n) is 3.22. The minimum atomic E-state index is -0.659. The van der Waals surface area contributed by atoms with Crippen molar-refractivity contribution >= 4 is 43.2 Å². The molecule has 1 nitrogen and oxygen atoms in total. The molecule has 3 aromatic carbocycles. The summed E-state index contributed by atoms with van der Waals surface area (Å²) in [5.41, 5.74) is 4.11. The van der Waals surface area contributed by atoms with E-state index in [4.69, 9.17) is 0 Å². The van der Waals surface area contributed by atoms with Crippen LogP contribution in [0.3, 0.4) is 0 Å². The fourth-order valence-corrected chi connectivity index (χ4v) is 5.20. The Morgan fingerprint density at radius 3 is 1.37 bits per heavy atom. The molecule has 0 saturated carbocycles. The van der Waals surface area contributed by atoms with E-state index >= 15 is 0 Å². The third-order valence-corrected chi connectivity index (χ3v) is 6.70. The summed E-state index contributed by atoms with van der Waals surface area (Å²) in [6, 6.07) is 28.4. The predicted molar refractivity (Wildman–Crippen MR) is 123 cm³/mol. The Morgan fingerprint density at radius 2 is 1.00 bits per heavy atom. The SMILES string of the molecule is CC(C)c1cccc(C(C)C)c1NP(c1ccccc1)c1ccccc1.[Li]. The topological polar surface area (TPSA) is 12.0 Å². The Balaban J connectivity index is 0.00000261. The van der Waals surface area contributed by atoms with Crippen LogP contribution < -0.4 is 15.7 Å². The molecule has 0 aliphatic rings. The zero-order chi connectivity index (χ0) is 18.5. The smallest absolute Gasteiger partial charge is 0.0522 e. The van der Waals surface area contributed by atoms with Crippen molar-refractivity contribution in [3.05, 3.63) is 90.0 Å². The van der Waals surface area contributed by atoms with Gasteiger partial charge in [-0.05, 0) is 23.0 Å². The molecule has 1 radical (unpaired) electrons. The van der Waals surface area contributed by atoms with Crippen LogP contribution in [0.15, 0.2) is 78.9 Å². The van der Waals surface area contributed by atoms with Crippen LogP contribution in [0.1, 0.15) is 50.7 Å². The molecule has 0 fully saturated rings. The van der Waals surface area contributed by atoms with Gasteiger partial charge in [0.1, 0.15) is 0 Å². The first-order valence-corrected chi connectivity index (χ1v) is 10.7. The molecule has 135 valence electrons. The molecule has 0 atom stereocenters. The van der Waals surface area contributed by atoms with Gasteiger partial charge < -0.3 is 5.09 Å². The van der Waals surface area contributed by atoms with E-state index in [9.17, 15) is 0 Å². The Hall–Kier alpha value is -1.51. The number of benzene rings is 3. The minimum absolute atomic E-state index is 0. The van der Waals surface area contributed by atoms with Gasteiger partial charge in [0.2, 0.25) is 0 Å². The summed E-state index contributed by atoms with van der Waals surface area (Å²) in [6.07, 6.45) is 0. The van der Waals surface area contributed by atoms with Gasteiger partial charge in [-0.1, -0.05) is 107 Å². The van der Waals surface area contributed by atoms with Crippen LogP contribution in [0.25, 0.3) is 0 Å². The van der Waals surface area contributed by atoms with Crippen molar-refractivity contribution in [2.24, 2.45) is 0 Å². The van der Waals surface area contributed by atoms with Crippen LogP contribution >= 0.6 is 8.07 Å². The van der Waals surface area contributed by atoms with Crippen LogP contribution in [0.2, 0.25) is 0 Å². The molecule has 27 heavy (non-hydrogen) atoms. The second-order valence-electron chi connectivity index (χ2n) is 7.24.